The first-order valence-electron chi connectivity index (χ1n) is 37.7. The number of aromatic nitrogens is 7. The molecule has 0 N–H and O–H groups in total. The molecule has 20 aromatic rings. The van der Waals surface area contributed by atoms with Gasteiger partial charge in [0.2, 0.25) is 0 Å². The van der Waals surface area contributed by atoms with E-state index in [1.807, 2.05) is 97.1 Å². The minimum Gasteiger partial charge on any atom is -0.247 e. The molecule has 7 nitrogen and oxygen atoms in total. The van der Waals surface area contributed by atoms with E-state index in [1.54, 1.807) is 0 Å². The summed E-state index contributed by atoms with van der Waals surface area (Å²) in [4.78, 5) is 35.5. The first kappa shape index (κ1) is 67.5. The minimum absolute atomic E-state index is 0.637. The summed E-state index contributed by atoms with van der Waals surface area (Å²) in [7, 11) is 0. The molecule has 7 heteroatoms. The normalized spacial score (nSPS) is 11.2. The molecular weight excluding hydrogens is 1360 g/mol. The Bertz CT molecular complexity index is 6260. The fraction of sp³-hybridized carbons (Fsp3) is 0. The smallest absolute Gasteiger partial charge is 0.164 e. The quantitative estimate of drug-likeness (QED) is 0.100. The van der Waals surface area contributed by atoms with E-state index < -0.39 is 0 Å². The summed E-state index contributed by atoms with van der Waals surface area (Å²) in [6.45, 7) is 0. The lowest BCUT2D eigenvalue weighted by Gasteiger charge is -2.15. The number of rotatable bonds is 14. The highest BCUT2D eigenvalue weighted by atomic mass is 15.0. The molecule has 0 spiro atoms. The van der Waals surface area contributed by atoms with Gasteiger partial charge in [-0.15, -0.1) is 0 Å². The van der Waals surface area contributed by atoms with Crippen LogP contribution in [0.4, 0.5) is 0 Å². The average Bonchev–Trinajstić information content (AvgIpc) is 0.747. The molecular formula is C105H69N7. The number of pyridine rings is 2. The van der Waals surface area contributed by atoms with Crippen LogP contribution in [0.2, 0.25) is 0 Å². The van der Waals surface area contributed by atoms with Crippen LogP contribution in [-0.4, -0.2) is 34.9 Å². The van der Waals surface area contributed by atoms with E-state index in [-0.39, 0.29) is 0 Å². The number of fused-ring (bicyclic) bond motifs is 6. The lowest BCUT2D eigenvalue weighted by molar-refractivity contribution is 1.07. The van der Waals surface area contributed by atoms with Crippen LogP contribution in [-0.2, 0) is 0 Å². The highest BCUT2D eigenvalue weighted by molar-refractivity contribution is 6.19. The maximum atomic E-state index is 5.34. The van der Waals surface area contributed by atoms with Crippen molar-refractivity contribution in [3.8, 4) is 157 Å². The van der Waals surface area contributed by atoms with Gasteiger partial charge in [-0.05, 0) is 97.1 Å². The molecule has 0 unspecified atom stereocenters. The molecule has 0 bridgehead atoms. The Hall–Kier alpha value is -15.1. The van der Waals surface area contributed by atoms with Gasteiger partial charge in [-0.25, -0.2) is 34.9 Å². The summed E-state index contributed by atoms with van der Waals surface area (Å²) in [6, 6.07) is 146. The number of hydrogen-bond donors (Lipinski definition) is 0. The minimum atomic E-state index is 0.637. The molecule has 0 aliphatic carbocycles. The van der Waals surface area contributed by atoms with Crippen molar-refractivity contribution in [2.24, 2.45) is 0 Å². The molecule has 0 amide bonds. The summed E-state index contributed by atoms with van der Waals surface area (Å²) >= 11 is 0. The van der Waals surface area contributed by atoms with Gasteiger partial charge in [0.1, 0.15) is 0 Å². The van der Waals surface area contributed by atoms with Crippen molar-refractivity contribution >= 4 is 43.4 Å². The molecule has 20 rings (SSSR count). The molecule has 524 valence electrons. The Labute approximate surface area is 650 Å². The Morgan fingerprint density at radius 2 is 0.402 bits per heavy atom. The predicted octanol–water partition coefficient (Wildman–Crippen LogP) is 27.1. The second-order valence-corrected chi connectivity index (χ2v) is 27.9. The number of benzene rings is 16. The molecule has 0 saturated carbocycles. The fourth-order valence-corrected chi connectivity index (χ4v) is 15.2. The molecule has 0 saturated heterocycles. The summed E-state index contributed by atoms with van der Waals surface area (Å²) in [5.41, 5.74) is 27.6. The van der Waals surface area contributed by atoms with Crippen LogP contribution in [0.3, 0.4) is 0 Å². The van der Waals surface area contributed by atoms with Gasteiger partial charge in [-0.3, -0.25) is 0 Å². The molecule has 0 aliphatic heterocycles. The molecule has 0 atom stereocenters. The monoisotopic (exact) mass is 1430 g/mol. The molecule has 0 fully saturated rings. The van der Waals surface area contributed by atoms with E-state index >= 15 is 0 Å². The van der Waals surface area contributed by atoms with Crippen LogP contribution in [0.5, 0.6) is 0 Å². The molecule has 4 aromatic heterocycles. The van der Waals surface area contributed by atoms with Crippen LogP contribution in [0.1, 0.15) is 0 Å². The van der Waals surface area contributed by atoms with Crippen molar-refractivity contribution < 1.29 is 0 Å². The van der Waals surface area contributed by atoms with Gasteiger partial charge in [0.15, 0.2) is 23.3 Å². The summed E-state index contributed by atoms with van der Waals surface area (Å²) in [6.07, 6.45) is 0. The van der Waals surface area contributed by atoms with Gasteiger partial charge in [0.25, 0.3) is 0 Å². The standard InChI is InChI=1S/C53H35N3.C52H34N4/c1-5-15-38(16-6-1)45-25-14-26-47-51(45)46-32-31-43(34-50(46)54-52(47)40-19-9-3-10-20-40)37-29-27-36(28-30-37)42-23-13-24-44(33-42)49-35-48(39-17-7-2-8-18-39)55-53(56-49)41-21-11-4-12-22-41;1-5-15-37(16-6-1)44-25-14-26-46-48(44)45-32-31-42(34-47(45)53-49(46)38-17-7-2-8-18-38)36-29-27-35(28-30-36)41-23-13-24-43(33-41)52-55-50(39-19-9-3-10-20-39)54-51(56-52)40-21-11-4-12-22-40/h1-35H;1-34H. The van der Waals surface area contributed by atoms with Crippen LogP contribution in [0.15, 0.2) is 419 Å². The van der Waals surface area contributed by atoms with Crippen molar-refractivity contribution in [2.75, 3.05) is 0 Å². The molecule has 16 aromatic carbocycles. The van der Waals surface area contributed by atoms with Gasteiger partial charge in [-0.1, -0.05) is 388 Å². The van der Waals surface area contributed by atoms with E-state index in [0.717, 1.165) is 144 Å². The lowest BCUT2D eigenvalue weighted by Crippen LogP contribution is -2.00. The van der Waals surface area contributed by atoms with Gasteiger partial charge in [0.05, 0.1) is 33.8 Å². The SMILES string of the molecule is c1ccc(-c2cc(-c3cccc(-c4ccc(-c5ccc6c(c5)nc(-c5ccccc5)c5cccc(-c7ccccc7)c56)cc4)c3)nc(-c3ccccc3)n2)cc1.c1ccc(-c2nc(-c3ccccc3)nc(-c3cccc(-c4ccc(-c5ccc6c(c5)nc(-c5ccccc5)c5cccc(-c7ccccc7)c56)cc4)c3)n2)cc1. The predicted molar refractivity (Wildman–Crippen MR) is 464 cm³/mol. The topological polar surface area (TPSA) is 90.2 Å². The third kappa shape index (κ3) is 13.7. The molecule has 0 radical (unpaired) electrons. The zero-order valence-corrected chi connectivity index (χ0v) is 61.0. The van der Waals surface area contributed by atoms with Crippen molar-refractivity contribution in [2.45, 2.75) is 0 Å². The number of nitrogens with zero attached hydrogens (tertiary/aromatic N) is 7. The largest absolute Gasteiger partial charge is 0.247 e. The van der Waals surface area contributed by atoms with E-state index in [2.05, 4.69) is 322 Å². The molecule has 0 aliphatic rings. The van der Waals surface area contributed by atoms with E-state index in [1.165, 1.54) is 33.0 Å². The highest BCUT2D eigenvalue weighted by Crippen LogP contribution is 2.43. The Morgan fingerprint density at radius 1 is 0.134 bits per heavy atom. The van der Waals surface area contributed by atoms with Crippen LogP contribution in [0.25, 0.3) is 201 Å². The zero-order chi connectivity index (χ0) is 74.5. The van der Waals surface area contributed by atoms with Crippen molar-refractivity contribution in [1.29, 1.82) is 0 Å². The number of hydrogen-bond acceptors (Lipinski definition) is 7. The van der Waals surface area contributed by atoms with Gasteiger partial charge < -0.3 is 0 Å². The Balaban J connectivity index is 0.000000151. The van der Waals surface area contributed by atoms with Crippen LogP contribution >= 0.6 is 0 Å². The van der Waals surface area contributed by atoms with E-state index in [9.17, 15) is 0 Å². The summed E-state index contributed by atoms with van der Waals surface area (Å²) in [5.74, 6) is 2.64. The molecule has 112 heavy (non-hydrogen) atoms. The van der Waals surface area contributed by atoms with Gasteiger partial charge >= 0.3 is 0 Å². The maximum absolute atomic E-state index is 5.34. The Kier molecular flexibility index (Phi) is 18.3. The Morgan fingerprint density at radius 3 is 0.786 bits per heavy atom. The van der Waals surface area contributed by atoms with Gasteiger partial charge in [0, 0.05) is 76.8 Å². The maximum Gasteiger partial charge on any atom is 0.164 e. The summed E-state index contributed by atoms with van der Waals surface area (Å²) in [5, 5.41) is 7.02. The first-order valence-corrected chi connectivity index (χ1v) is 37.7. The van der Waals surface area contributed by atoms with Crippen LogP contribution < -0.4 is 0 Å². The third-order valence-electron chi connectivity index (χ3n) is 20.8. The van der Waals surface area contributed by atoms with Gasteiger partial charge in [-0.2, -0.15) is 0 Å². The fourth-order valence-electron chi connectivity index (χ4n) is 15.2. The second kappa shape index (κ2) is 30.3. The van der Waals surface area contributed by atoms with E-state index in [0.29, 0.717) is 23.3 Å². The average molecular weight is 1430 g/mol. The summed E-state index contributed by atoms with van der Waals surface area (Å²) < 4.78 is 0. The lowest BCUT2D eigenvalue weighted by atomic mass is 9.92. The van der Waals surface area contributed by atoms with Crippen molar-refractivity contribution in [3.05, 3.63) is 419 Å². The van der Waals surface area contributed by atoms with Crippen LogP contribution in [0, 0.1) is 0 Å². The molecule has 4 heterocycles. The van der Waals surface area contributed by atoms with Crippen molar-refractivity contribution in [3.63, 3.8) is 0 Å². The first-order chi connectivity index (χ1) is 55.5. The highest BCUT2D eigenvalue weighted by Gasteiger charge is 2.20. The third-order valence-corrected chi connectivity index (χ3v) is 20.8. The van der Waals surface area contributed by atoms with E-state index in [4.69, 9.17) is 34.9 Å². The van der Waals surface area contributed by atoms with Crippen molar-refractivity contribution in [1.82, 2.24) is 34.9 Å². The zero-order valence-electron chi connectivity index (χ0n) is 61.0. The second-order valence-electron chi connectivity index (χ2n) is 27.9.